The molecule has 184 valence electrons. The maximum atomic E-state index is 13.8. The van der Waals surface area contributed by atoms with Crippen molar-refractivity contribution in [2.75, 3.05) is 26.3 Å². The van der Waals surface area contributed by atoms with Crippen molar-refractivity contribution in [2.24, 2.45) is 5.73 Å². The molecule has 2 N–H and O–H groups in total. The number of oxazole rings is 1. The number of morpholine rings is 1. The zero-order chi connectivity index (χ0) is 24.1. The average molecular weight is 473 g/mol. The Balaban J connectivity index is 1.72. The number of Topliss-reactive ketones (excluding diaryl/α,β-unsaturated/α-hetero) is 1. The van der Waals surface area contributed by atoms with Crippen molar-refractivity contribution in [1.82, 2.24) is 4.90 Å². The summed E-state index contributed by atoms with van der Waals surface area (Å²) in [7, 11) is 0. The highest BCUT2D eigenvalue weighted by molar-refractivity contribution is 5.99. The van der Waals surface area contributed by atoms with Gasteiger partial charge >= 0.3 is 12.0 Å². The number of carbonyl (C=O) groups excluding carboxylic acids is 3. The summed E-state index contributed by atoms with van der Waals surface area (Å²) in [5.74, 6) is -0.598. The van der Waals surface area contributed by atoms with Crippen molar-refractivity contribution >= 4 is 28.9 Å². The normalized spacial score (nSPS) is 19.0. The Bertz CT molecular complexity index is 1040. The van der Waals surface area contributed by atoms with E-state index in [9.17, 15) is 14.4 Å². The molecule has 34 heavy (non-hydrogen) atoms. The Morgan fingerprint density at radius 3 is 2.53 bits per heavy atom. The van der Waals surface area contributed by atoms with E-state index in [-0.39, 0.29) is 30.6 Å². The van der Waals surface area contributed by atoms with Crippen LogP contribution in [0.1, 0.15) is 75.0 Å². The summed E-state index contributed by atoms with van der Waals surface area (Å²) in [4.78, 5) is 40.9. The predicted octanol–water partition coefficient (Wildman–Crippen LogP) is 3.29. The summed E-state index contributed by atoms with van der Waals surface area (Å²) < 4.78 is 18.9. The predicted molar refractivity (Wildman–Crippen MR) is 123 cm³/mol. The summed E-state index contributed by atoms with van der Waals surface area (Å²) in [6, 6.07) is 7.71. The Hall–Kier alpha value is -2.94. The molecule has 4 rings (SSSR count). The molecule has 0 spiro atoms. The van der Waals surface area contributed by atoms with Gasteiger partial charge in [0.15, 0.2) is 11.6 Å². The molecule has 2 amide bonds. The highest BCUT2D eigenvalue weighted by Crippen LogP contribution is 2.31. The summed E-state index contributed by atoms with van der Waals surface area (Å²) >= 11 is 0. The Kier molecular flexibility index (Phi) is 7.50. The van der Waals surface area contributed by atoms with Crippen molar-refractivity contribution in [3.8, 4) is 0 Å². The van der Waals surface area contributed by atoms with E-state index < -0.39 is 17.6 Å². The van der Waals surface area contributed by atoms with Gasteiger partial charge in [0.1, 0.15) is 0 Å². The SMILES string of the molecule is CCC[C@@](CC(=O)c1oc2ccccc2[n+]1C1CCCCC1)(OC(N)=O)C(=O)N1CCOCC1. The summed E-state index contributed by atoms with van der Waals surface area (Å²) in [5, 5.41) is 0. The molecule has 2 heterocycles. The molecule has 2 fully saturated rings. The van der Waals surface area contributed by atoms with Gasteiger partial charge in [-0.3, -0.25) is 9.59 Å². The van der Waals surface area contributed by atoms with Crippen LogP contribution in [-0.2, 0) is 14.3 Å². The van der Waals surface area contributed by atoms with E-state index >= 15 is 0 Å². The molecule has 0 unspecified atom stereocenters. The number of carbonyl (C=O) groups is 3. The van der Waals surface area contributed by atoms with Gasteiger partial charge in [-0.05, 0) is 25.3 Å². The number of hydrogen-bond donors (Lipinski definition) is 1. The fourth-order valence-corrected chi connectivity index (χ4v) is 5.29. The lowest BCUT2D eigenvalue weighted by molar-refractivity contribution is -0.707. The number of aromatic nitrogens is 1. The molecule has 1 aliphatic carbocycles. The quantitative estimate of drug-likeness (QED) is 0.466. The molecule has 1 saturated heterocycles. The first-order valence-electron chi connectivity index (χ1n) is 12.3. The van der Waals surface area contributed by atoms with Crippen LogP contribution in [0, 0.1) is 0 Å². The first kappa shape index (κ1) is 24.2. The number of primary amides is 1. The molecular weight excluding hydrogens is 438 g/mol. The minimum absolute atomic E-state index is 0.143. The van der Waals surface area contributed by atoms with Crippen LogP contribution in [0.4, 0.5) is 4.79 Å². The highest BCUT2D eigenvalue weighted by atomic mass is 16.6. The molecule has 2 aromatic rings. The van der Waals surface area contributed by atoms with Crippen LogP contribution in [-0.4, -0.2) is 54.6 Å². The summed E-state index contributed by atoms with van der Waals surface area (Å²) in [6.45, 7) is 3.40. The van der Waals surface area contributed by atoms with Crippen LogP contribution >= 0.6 is 0 Å². The zero-order valence-electron chi connectivity index (χ0n) is 19.8. The van der Waals surface area contributed by atoms with Crippen molar-refractivity contribution in [3.63, 3.8) is 0 Å². The minimum Gasteiger partial charge on any atom is -0.432 e. The van der Waals surface area contributed by atoms with Gasteiger partial charge in [0.25, 0.3) is 17.2 Å². The van der Waals surface area contributed by atoms with Gasteiger partial charge in [0.05, 0.1) is 19.6 Å². The van der Waals surface area contributed by atoms with Crippen LogP contribution < -0.4 is 10.3 Å². The molecule has 2 aliphatic rings. The number of fused-ring (bicyclic) bond motifs is 1. The third-order valence-electron chi connectivity index (χ3n) is 6.81. The van der Waals surface area contributed by atoms with Crippen molar-refractivity contribution < 1.29 is 32.8 Å². The average Bonchev–Trinajstić information content (AvgIpc) is 3.24. The Labute approximate surface area is 199 Å². The molecule has 1 atom stereocenters. The number of rotatable bonds is 8. The molecule has 9 heteroatoms. The van der Waals surface area contributed by atoms with E-state index in [0.717, 1.165) is 31.2 Å². The Morgan fingerprint density at radius 1 is 1.15 bits per heavy atom. The minimum atomic E-state index is -1.68. The lowest BCUT2D eigenvalue weighted by Crippen LogP contribution is -2.56. The number of benzene rings is 1. The van der Waals surface area contributed by atoms with Crippen LogP contribution in [0.3, 0.4) is 0 Å². The molecule has 1 saturated carbocycles. The molecule has 9 nitrogen and oxygen atoms in total. The van der Waals surface area contributed by atoms with Crippen LogP contribution in [0.2, 0.25) is 0 Å². The molecule has 1 aromatic carbocycles. The topological polar surface area (TPSA) is 116 Å². The van der Waals surface area contributed by atoms with Crippen molar-refractivity contribution in [2.45, 2.75) is 69.9 Å². The lowest BCUT2D eigenvalue weighted by atomic mass is 9.89. The highest BCUT2D eigenvalue weighted by Gasteiger charge is 2.49. The van der Waals surface area contributed by atoms with Crippen LogP contribution in [0.25, 0.3) is 11.1 Å². The third kappa shape index (κ3) is 4.94. The number of para-hydroxylation sites is 2. The number of nitrogens with two attached hydrogens (primary N) is 1. The second-order valence-corrected chi connectivity index (χ2v) is 9.21. The number of nitrogens with zero attached hydrogens (tertiary/aromatic N) is 2. The fraction of sp³-hybridized carbons (Fsp3) is 0.600. The van der Waals surface area contributed by atoms with E-state index in [2.05, 4.69) is 0 Å². The molecular formula is C25H34N3O6+. The number of amides is 2. The molecule has 0 bridgehead atoms. The molecule has 1 aromatic heterocycles. The standard InChI is InChI=1S/C25H33N3O6/c1-2-12-25(34-24(26)31,23(30)27-13-15-32-16-14-27)17-20(29)22-28(18-8-4-3-5-9-18)19-10-6-7-11-21(19)33-22/h6-7,10-11,18H,2-5,8-9,12-17H2,1H3,(H-,26,31)/p+1/t25-/m0/s1. The largest absolute Gasteiger partial charge is 0.432 e. The number of ketones is 1. The Morgan fingerprint density at radius 2 is 1.85 bits per heavy atom. The van der Waals surface area contributed by atoms with Gasteiger partial charge in [-0.1, -0.05) is 31.9 Å². The van der Waals surface area contributed by atoms with Crippen LogP contribution in [0.5, 0.6) is 0 Å². The number of hydrogen-bond acceptors (Lipinski definition) is 6. The molecule has 0 radical (unpaired) electrons. The third-order valence-corrected chi connectivity index (χ3v) is 6.81. The van der Waals surface area contributed by atoms with Gasteiger partial charge in [-0.25, -0.2) is 4.79 Å². The summed E-state index contributed by atoms with van der Waals surface area (Å²) in [5.41, 5.74) is 5.19. The van der Waals surface area contributed by atoms with Crippen molar-refractivity contribution in [1.29, 1.82) is 0 Å². The number of ether oxygens (including phenoxy) is 2. The molecule has 1 aliphatic heterocycles. The second kappa shape index (κ2) is 10.5. The monoisotopic (exact) mass is 472 g/mol. The van der Waals surface area contributed by atoms with Gasteiger partial charge in [0.2, 0.25) is 5.58 Å². The zero-order valence-corrected chi connectivity index (χ0v) is 19.8. The van der Waals surface area contributed by atoms with Gasteiger partial charge in [0, 0.05) is 32.0 Å². The van der Waals surface area contributed by atoms with Crippen molar-refractivity contribution in [3.05, 3.63) is 30.2 Å². The van der Waals surface area contributed by atoms with Gasteiger partial charge < -0.3 is 24.5 Å². The van der Waals surface area contributed by atoms with Gasteiger partial charge in [-0.15, -0.1) is 0 Å². The first-order valence-corrected chi connectivity index (χ1v) is 12.3. The summed E-state index contributed by atoms with van der Waals surface area (Å²) in [6.07, 6.45) is 4.57. The van der Waals surface area contributed by atoms with Crippen LogP contribution in [0.15, 0.2) is 28.7 Å². The maximum absolute atomic E-state index is 13.8. The van der Waals surface area contributed by atoms with Gasteiger partial charge in [-0.2, -0.15) is 4.57 Å². The van der Waals surface area contributed by atoms with E-state index in [4.69, 9.17) is 19.6 Å². The lowest BCUT2D eigenvalue weighted by Gasteiger charge is -2.37. The first-order chi connectivity index (χ1) is 16.4. The van der Waals surface area contributed by atoms with E-state index in [1.54, 1.807) is 4.90 Å². The van der Waals surface area contributed by atoms with E-state index in [0.29, 0.717) is 38.3 Å². The fourth-order valence-electron chi connectivity index (χ4n) is 5.29. The van der Waals surface area contributed by atoms with E-state index in [1.807, 2.05) is 35.8 Å². The van der Waals surface area contributed by atoms with E-state index in [1.165, 1.54) is 6.42 Å². The second-order valence-electron chi connectivity index (χ2n) is 9.21. The smallest absolute Gasteiger partial charge is 0.419 e. The maximum Gasteiger partial charge on any atom is 0.419 e.